The third-order valence-electron chi connectivity index (χ3n) is 4.52. The smallest absolute Gasteiger partial charge is 0.284 e. The zero-order chi connectivity index (χ0) is 22.1. The van der Waals surface area contributed by atoms with Crippen molar-refractivity contribution in [3.8, 4) is 17.0 Å². The van der Waals surface area contributed by atoms with Crippen LogP contribution >= 0.6 is 0 Å². The topological polar surface area (TPSA) is 61.0 Å². The van der Waals surface area contributed by atoms with Crippen molar-refractivity contribution >= 4 is 10.9 Å². The molecule has 0 spiro atoms. The van der Waals surface area contributed by atoms with Crippen LogP contribution in [0.15, 0.2) is 36.5 Å². The molecule has 160 valence electrons. The van der Waals surface area contributed by atoms with Crippen molar-refractivity contribution in [2.24, 2.45) is 11.7 Å². The van der Waals surface area contributed by atoms with E-state index in [0.717, 1.165) is 12.1 Å². The summed E-state index contributed by atoms with van der Waals surface area (Å²) in [6.07, 6.45) is -0.890. The van der Waals surface area contributed by atoms with E-state index < -0.39 is 29.3 Å². The Morgan fingerprint density at radius 3 is 2.53 bits per heavy atom. The van der Waals surface area contributed by atoms with Gasteiger partial charge in [0.05, 0.1) is 17.8 Å². The normalized spacial score (nSPS) is 13.1. The third-order valence-corrected chi connectivity index (χ3v) is 4.52. The fraction of sp³-hybridized carbons (Fsp3) is 0.364. The van der Waals surface area contributed by atoms with Gasteiger partial charge in [0.2, 0.25) is 0 Å². The minimum absolute atomic E-state index is 0.0130. The molecule has 4 nitrogen and oxygen atoms in total. The second kappa shape index (κ2) is 8.55. The summed E-state index contributed by atoms with van der Waals surface area (Å²) in [6, 6.07) is 6.11. The highest BCUT2D eigenvalue weighted by atomic mass is 19.3. The highest BCUT2D eigenvalue weighted by molar-refractivity contribution is 5.93. The molecule has 0 aliphatic carbocycles. The van der Waals surface area contributed by atoms with E-state index in [-0.39, 0.29) is 40.4 Å². The Morgan fingerprint density at radius 1 is 1.13 bits per heavy atom. The Bertz CT molecular complexity index is 1050. The predicted octanol–water partition coefficient (Wildman–Crippen LogP) is 5.65. The van der Waals surface area contributed by atoms with Crippen LogP contribution in [0.4, 0.5) is 17.6 Å². The van der Waals surface area contributed by atoms with Gasteiger partial charge in [-0.05, 0) is 44.4 Å². The number of nitrogens with two attached hydrogens (primary N) is 1. The molecule has 3 aromatic rings. The zero-order valence-electron chi connectivity index (χ0n) is 16.9. The molecule has 2 aromatic heterocycles. The van der Waals surface area contributed by atoms with Crippen LogP contribution < -0.4 is 10.5 Å². The molecule has 0 saturated heterocycles. The number of fused-ring (bicyclic) bond motifs is 1. The average molecular weight is 421 g/mol. The molecule has 0 aliphatic heterocycles. The van der Waals surface area contributed by atoms with Gasteiger partial charge in [-0.1, -0.05) is 6.92 Å². The number of benzene rings is 1. The number of ether oxygens (including phenoxy) is 1. The molecule has 30 heavy (non-hydrogen) atoms. The molecule has 1 unspecified atom stereocenters. The molecule has 8 heteroatoms. The number of rotatable bonds is 7. The Morgan fingerprint density at radius 2 is 1.87 bits per heavy atom. The number of hydrogen-bond acceptors (Lipinski definition) is 4. The summed E-state index contributed by atoms with van der Waals surface area (Å²) >= 11 is 0. The summed E-state index contributed by atoms with van der Waals surface area (Å²) in [4.78, 5) is 7.97. The van der Waals surface area contributed by atoms with Crippen LogP contribution in [0.5, 0.6) is 5.75 Å². The van der Waals surface area contributed by atoms with Crippen molar-refractivity contribution in [3.05, 3.63) is 53.9 Å². The standard InChI is InChI=1S/C22H23F4N3O/c1-12(10-22(2,3)27)11-30-18-5-4-16(29-20(18)21(25)26)14-6-7-28-17-9-13(23)8-15(24)19(14)17/h4-9,12,21H,10-11,27H2,1-3H3. The van der Waals surface area contributed by atoms with Crippen molar-refractivity contribution in [2.45, 2.75) is 39.2 Å². The van der Waals surface area contributed by atoms with E-state index in [2.05, 4.69) is 9.97 Å². The Labute approximate surface area is 172 Å². The molecule has 0 aliphatic rings. The van der Waals surface area contributed by atoms with Gasteiger partial charge in [-0.3, -0.25) is 4.98 Å². The molecular formula is C22H23F4N3O. The molecule has 0 radical (unpaired) electrons. The first-order valence-corrected chi connectivity index (χ1v) is 9.50. The van der Waals surface area contributed by atoms with Crippen molar-refractivity contribution in [2.75, 3.05) is 6.61 Å². The van der Waals surface area contributed by atoms with E-state index in [1.807, 2.05) is 20.8 Å². The first-order chi connectivity index (χ1) is 14.0. The van der Waals surface area contributed by atoms with Gasteiger partial charge >= 0.3 is 0 Å². The lowest BCUT2D eigenvalue weighted by Crippen LogP contribution is -2.35. The van der Waals surface area contributed by atoms with Crippen LogP contribution in [0, 0.1) is 17.6 Å². The van der Waals surface area contributed by atoms with Gasteiger partial charge in [0.25, 0.3) is 6.43 Å². The number of alkyl halides is 2. The summed E-state index contributed by atoms with van der Waals surface area (Å²) in [5.74, 6) is -1.61. The van der Waals surface area contributed by atoms with Crippen LogP contribution in [0.1, 0.15) is 39.3 Å². The zero-order valence-corrected chi connectivity index (χ0v) is 16.9. The quantitative estimate of drug-likeness (QED) is 0.501. The van der Waals surface area contributed by atoms with Crippen molar-refractivity contribution < 1.29 is 22.3 Å². The molecule has 3 rings (SSSR count). The second-order valence-electron chi connectivity index (χ2n) is 8.13. The lowest BCUT2D eigenvalue weighted by Gasteiger charge is -2.23. The summed E-state index contributed by atoms with van der Waals surface area (Å²) in [7, 11) is 0. The van der Waals surface area contributed by atoms with E-state index in [1.165, 1.54) is 24.4 Å². The molecule has 0 bridgehead atoms. The molecule has 1 atom stereocenters. The fourth-order valence-corrected chi connectivity index (χ4v) is 3.50. The van der Waals surface area contributed by atoms with E-state index >= 15 is 0 Å². The predicted molar refractivity (Wildman–Crippen MR) is 107 cm³/mol. The van der Waals surface area contributed by atoms with Gasteiger partial charge in [0.1, 0.15) is 23.1 Å². The molecular weight excluding hydrogens is 398 g/mol. The third kappa shape index (κ3) is 5.05. The lowest BCUT2D eigenvalue weighted by molar-refractivity contribution is 0.136. The minimum Gasteiger partial charge on any atom is -0.491 e. The van der Waals surface area contributed by atoms with Gasteiger partial charge in [0.15, 0.2) is 0 Å². The molecule has 1 aromatic carbocycles. The second-order valence-corrected chi connectivity index (χ2v) is 8.13. The molecule has 2 heterocycles. The first kappa shape index (κ1) is 22.0. The van der Waals surface area contributed by atoms with Gasteiger partial charge in [-0.2, -0.15) is 0 Å². The number of halogens is 4. The highest BCUT2D eigenvalue weighted by Gasteiger charge is 2.21. The van der Waals surface area contributed by atoms with Crippen LogP contribution in [-0.2, 0) is 0 Å². The Hall–Kier alpha value is -2.74. The Balaban J connectivity index is 1.96. The Kier molecular flexibility index (Phi) is 6.26. The maximum absolute atomic E-state index is 14.4. The SMILES string of the molecule is CC(COc1ccc(-c2ccnc3cc(F)cc(F)c23)nc1C(F)F)CC(C)(C)N. The van der Waals surface area contributed by atoms with E-state index in [1.54, 1.807) is 0 Å². The van der Waals surface area contributed by atoms with Crippen LogP contribution in [0.3, 0.4) is 0 Å². The molecule has 0 fully saturated rings. The van der Waals surface area contributed by atoms with Crippen molar-refractivity contribution in [3.63, 3.8) is 0 Å². The number of nitrogens with zero attached hydrogens (tertiary/aromatic N) is 2. The number of pyridine rings is 2. The van der Waals surface area contributed by atoms with Crippen LogP contribution in [0.2, 0.25) is 0 Å². The van der Waals surface area contributed by atoms with Crippen LogP contribution in [0.25, 0.3) is 22.2 Å². The monoisotopic (exact) mass is 421 g/mol. The van der Waals surface area contributed by atoms with Gasteiger partial charge in [-0.15, -0.1) is 0 Å². The number of hydrogen-bond donors (Lipinski definition) is 1. The van der Waals surface area contributed by atoms with Gasteiger partial charge < -0.3 is 10.5 Å². The summed E-state index contributed by atoms with van der Waals surface area (Å²) in [5, 5.41) is 0.0130. The molecule has 0 amide bonds. The van der Waals surface area contributed by atoms with Gasteiger partial charge in [-0.25, -0.2) is 22.5 Å². The average Bonchev–Trinajstić information content (AvgIpc) is 2.64. The van der Waals surface area contributed by atoms with Crippen LogP contribution in [-0.4, -0.2) is 22.1 Å². The highest BCUT2D eigenvalue weighted by Crippen LogP contribution is 2.34. The summed E-state index contributed by atoms with van der Waals surface area (Å²) in [6.45, 7) is 5.89. The fourth-order valence-electron chi connectivity index (χ4n) is 3.50. The minimum atomic E-state index is -2.89. The molecule has 2 N–H and O–H groups in total. The van der Waals surface area contributed by atoms with Crippen molar-refractivity contribution in [1.82, 2.24) is 9.97 Å². The van der Waals surface area contributed by atoms with E-state index in [0.29, 0.717) is 6.42 Å². The van der Waals surface area contributed by atoms with E-state index in [4.69, 9.17) is 10.5 Å². The lowest BCUT2D eigenvalue weighted by atomic mass is 9.93. The first-order valence-electron chi connectivity index (χ1n) is 9.50. The van der Waals surface area contributed by atoms with Gasteiger partial charge in [0, 0.05) is 34.8 Å². The van der Waals surface area contributed by atoms with E-state index in [9.17, 15) is 17.6 Å². The maximum Gasteiger partial charge on any atom is 0.284 e. The maximum atomic E-state index is 14.4. The molecule has 0 saturated carbocycles. The number of aromatic nitrogens is 2. The summed E-state index contributed by atoms with van der Waals surface area (Å²) in [5.41, 5.74) is 5.48. The van der Waals surface area contributed by atoms with Crippen molar-refractivity contribution in [1.29, 1.82) is 0 Å². The summed E-state index contributed by atoms with van der Waals surface area (Å²) < 4.78 is 60.8. The largest absolute Gasteiger partial charge is 0.491 e.